The summed E-state index contributed by atoms with van der Waals surface area (Å²) in [7, 11) is 0. The second-order valence-corrected chi connectivity index (χ2v) is 11.8. The number of ether oxygens (including phenoxy) is 1. The molecule has 3 heterocycles. The van der Waals surface area contributed by atoms with E-state index in [4.69, 9.17) is 44.5 Å². The van der Waals surface area contributed by atoms with Crippen molar-refractivity contribution in [2.75, 3.05) is 0 Å². The van der Waals surface area contributed by atoms with E-state index in [1.54, 1.807) is 12.1 Å². The van der Waals surface area contributed by atoms with Gasteiger partial charge in [0, 0.05) is 38.5 Å². The summed E-state index contributed by atoms with van der Waals surface area (Å²) in [4.78, 5) is 18.3. The van der Waals surface area contributed by atoms with Crippen molar-refractivity contribution in [2.24, 2.45) is 0 Å². The van der Waals surface area contributed by atoms with Crippen LogP contribution in [0.15, 0.2) is 72.8 Å². The largest absolute Gasteiger partial charge is 0.471 e. The van der Waals surface area contributed by atoms with Gasteiger partial charge < -0.3 is 10.1 Å². The predicted molar refractivity (Wildman–Crippen MR) is 160 cm³/mol. The molecule has 2 N–H and O–H groups in total. The highest BCUT2D eigenvalue weighted by Gasteiger charge is 2.37. The fourth-order valence-electron chi connectivity index (χ4n) is 5.17. The van der Waals surface area contributed by atoms with Gasteiger partial charge in [-0.25, -0.2) is 4.98 Å². The van der Waals surface area contributed by atoms with Crippen molar-refractivity contribution in [1.29, 1.82) is 0 Å². The van der Waals surface area contributed by atoms with Crippen LogP contribution in [0.1, 0.15) is 37.6 Å². The van der Waals surface area contributed by atoms with Crippen LogP contribution in [0.3, 0.4) is 0 Å². The predicted octanol–water partition coefficient (Wildman–Crippen LogP) is 8.21. The zero-order valence-electron chi connectivity index (χ0n) is 21.8. The van der Waals surface area contributed by atoms with Gasteiger partial charge in [0.1, 0.15) is 5.60 Å². The van der Waals surface area contributed by atoms with Crippen LogP contribution in [0, 0.1) is 0 Å². The Labute approximate surface area is 246 Å². The summed E-state index contributed by atoms with van der Waals surface area (Å²) in [6.45, 7) is 3.97. The van der Waals surface area contributed by atoms with Gasteiger partial charge in [-0.2, -0.15) is 5.10 Å². The van der Waals surface area contributed by atoms with Crippen molar-refractivity contribution in [3.63, 3.8) is 0 Å². The number of hydrogen-bond donors (Lipinski definition) is 2. The van der Waals surface area contributed by atoms with Crippen molar-refractivity contribution < 1.29 is 9.53 Å². The van der Waals surface area contributed by atoms with Gasteiger partial charge in [-0.3, -0.25) is 9.89 Å². The van der Waals surface area contributed by atoms with Crippen molar-refractivity contribution in [2.45, 2.75) is 38.3 Å². The zero-order chi connectivity index (χ0) is 28.0. The molecule has 0 aliphatic carbocycles. The SMILES string of the molecule is CC1(C)C[C@@H](NC(=O)Cc2[nH]nc3ccccc23)c2cc(-c3ccc(Cl)cc3)c(-c3ccc(Cl)cc3Cl)nc2O1. The average Bonchev–Trinajstić information content (AvgIpc) is 3.30. The van der Waals surface area contributed by atoms with E-state index in [1.807, 2.05) is 74.5 Å². The third-order valence-electron chi connectivity index (χ3n) is 7.01. The van der Waals surface area contributed by atoms with Gasteiger partial charge in [0.25, 0.3) is 0 Å². The molecule has 6 nitrogen and oxygen atoms in total. The molecule has 5 aromatic rings. The second kappa shape index (κ2) is 10.4. The lowest BCUT2D eigenvalue weighted by atomic mass is 9.88. The van der Waals surface area contributed by atoms with Crippen LogP contribution < -0.4 is 10.1 Å². The first-order valence-corrected chi connectivity index (χ1v) is 14.0. The Kier molecular flexibility index (Phi) is 6.95. The van der Waals surface area contributed by atoms with Crippen molar-refractivity contribution >= 4 is 51.6 Å². The van der Waals surface area contributed by atoms with Gasteiger partial charge in [0.15, 0.2) is 0 Å². The average molecular weight is 592 g/mol. The van der Waals surface area contributed by atoms with Gasteiger partial charge in [-0.05, 0) is 61.9 Å². The zero-order valence-corrected chi connectivity index (χ0v) is 24.0. The standard InChI is InChI=1S/C31H25Cl3N4O2/c1-31(2)16-27(35-28(39)15-26-21-5-3-4-6-25(21)37-38-26)23-14-22(17-7-9-18(32)10-8-17)29(36-30(23)40-31)20-12-11-19(33)13-24(20)34/h3-14,27H,15-16H2,1-2H3,(H,35,39)(H,37,38)/t27-/m1/s1. The van der Waals surface area contributed by atoms with Crippen LogP contribution in [0.5, 0.6) is 5.88 Å². The third kappa shape index (κ3) is 5.27. The molecule has 202 valence electrons. The molecule has 1 amide bonds. The Balaban J connectivity index is 1.42. The minimum Gasteiger partial charge on any atom is -0.471 e. The van der Waals surface area contributed by atoms with Crippen LogP contribution in [0.4, 0.5) is 0 Å². The maximum absolute atomic E-state index is 13.3. The fourth-order valence-corrected chi connectivity index (χ4v) is 5.79. The van der Waals surface area contributed by atoms with E-state index in [2.05, 4.69) is 15.5 Å². The van der Waals surface area contributed by atoms with E-state index in [0.29, 0.717) is 33.1 Å². The highest BCUT2D eigenvalue weighted by Crippen LogP contribution is 2.45. The number of para-hydroxylation sites is 1. The molecule has 3 aromatic carbocycles. The number of aromatic nitrogens is 3. The van der Waals surface area contributed by atoms with E-state index in [1.165, 1.54) is 0 Å². The maximum Gasteiger partial charge on any atom is 0.226 e. The molecule has 40 heavy (non-hydrogen) atoms. The number of hydrogen-bond acceptors (Lipinski definition) is 4. The molecular formula is C31H25Cl3N4O2. The Morgan fingerprint density at radius 3 is 2.52 bits per heavy atom. The smallest absolute Gasteiger partial charge is 0.226 e. The molecule has 1 atom stereocenters. The Hall–Kier alpha value is -3.58. The summed E-state index contributed by atoms with van der Waals surface area (Å²) in [5.41, 5.74) is 4.93. The summed E-state index contributed by atoms with van der Waals surface area (Å²) in [5.74, 6) is 0.327. The number of H-pyrrole nitrogens is 1. The van der Waals surface area contributed by atoms with E-state index in [-0.39, 0.29) is 18.4 Å². The maximum atomic E-state index is 13.3. The Morgan fingerprint density at radius 2 is 1.75 bits per heavy atom. The Morgan fingerprint density at radius 1 is 1.00 bits per heavy atom. The topological polar surface area (TPSA) is 79.9 Å². The van der Waals surface area contributed by atoms with Gasteiger partial charge in [0.2, 0.25) is 11.8 Å². The highest BCUT2D eigenvalue weighted by atomic mass is 35.5. The van der Waals surface area contributed by atoms with Crippen LogP contribution >= 0.6 is 34.8 Å². The number of nitrogens with zero attached hydrogens (tertiary/aromatic N) is 2. The molecule has 0 spiro atoms. The summed E-state index contributed by atoms with van der Waals surface area (Å²) >= 11 is 19.0. The molecule has 2 aromatic heterocycles. The number of amides is 1. The number of carbonyl (C=O) groups excluding carboxylic acids is 1. The van der Waals surface area contributed by atoms with Gasteiger partial charge >= 0.3 is 0 Å². The van der Waals surface area contributed by atoms with Gasteiger partial charge in [0.05, 0.1) is 34.4 Å². The fraction of sp³-hybridized carbons (Fsp3) is 0.194. The van der Waals surface area contributed by atoms with E-state index >= 15 is 0 Å². The van der Waals surface area contributed by atoms with E-state index in [9.17, 15) is 4.79 Å². The number of benzene rings is 3. The molecule has 0 bridgehead atoms. The quantitative estimate of drug-likeness (QED) is 0.216. The molecule has 0 radical (unpaired) electrons. The summed E-state index contributed by atoms with van der Waals surface area (Å²) in [6, 6.07) is 22.3. The summed E-state index contributed by atoms with van der Waals surface area (Å²) in [5, 5.41) is 13.1. The first-order chi connectivity index (χ1) is 19.2. The monoisotopic (exact) mass is 590 g/mol. The normalized spacial score (nSPS) is 15.9. The van der Waals surface area contributed by atoms with E-state index < -0.39 is 5.60 Å². The summed E-state index contributed by atoms with van der Waals surface area (Å²) in [6.07, 6.45) is 0.738. The highest BCUT2D eigenvalue weighted by molar-refractivity contribution is 6.36. The lowest BCUT2D eigenvalue weighted by Crippen LogP contribution is -2.42. The lowest BCUT2D eigenvalue weighted by Gasteiger charge is -2.37. The second-order valence-electron chi connectivity index (χ2n) is 10.5. The number of pyridine rings is 1. The minimum absolute atomic E-state index is 0.124. The van der Waals surface area contributed by atoms with Crippen molar-refractivity contribution in [3.8, 4) is 28.3 Å². The molecule has 6 rings (SSSR count). The molecule has 0 fully saturated rings. The van der Waals surface area contributed by atoms with Crippen LogP contribution in [-0.2, 0) is 11.2 Å². The molecule has 1 aliphatic rings. The van der Waals surface area contributed by atoms with Crippen molar-refractivity contribution in [1.82, 2.24) is 20.5 Å². The van der Waals surface area contributed by atoms with Crippen molar-refractivity contribution in [3.05, 3.63) is 99.1 Å². The number of nitrogens with one attached hydrogen (secondary N) is 2. The summed E-state index contributed by atoms with van der Waals surface area (Å²) < 4.78 is 6.36. The van der Waals surface area contributed by atoms with Crippen LogP contribution in [0.2, 0.25) is 15.1 Å². The first-order valence-electron chi connectivity index (χ1n) is 12.8. The lowest BCUT2D eigenvalue weighted by molar-refractivity contribution is -0.121. The molecule has 0 saturated heterocycles. The molecular weight excluding hydrogens is 567 g/mol. The number of rotatable bonds is 5. The third-order valence-corrected chi connectivity index (χ3v) is 7.81. The first kappa shape index (κ1) is 26.6. The number of halogens is 3. The van der Waals surface area contributed by atoms with Gasteiger partial charge in [-0.15, -0.1) is 0 Å². The molecule has 9 heteroatoms. The molecule has 1 aliphatic heterocycles. The number of fused-ring (bicyclic) bond motifs is 2. The van der Waals surface area contributed by atoms with Gasteiger partial charge in [-0.1, -0.05) is 65.1 Å². The molecule has 0 unspecified atom stereocenters. The van der Waals surface area contributed by atoms with Crippen LogP contribution in [0.25, 0.3) is 33.3 Å². The minimum atomic E-state index is -0.568. The molecule has 0 saturated carbocycles. The number of carbonyl (C=O) groups is 1. The Bertz CT molecular complexity index is 1750. The van der Waals surface area contributed by atoms with E-state index in [0.717, 1.165) is 38.9 Å². The number of aromatic amines is 1. The van der Waals surface area contributed by atoms with Crippen LogP contribution in [-0.4, -0.2) is 26.7 Å².